The summed E-state index contributed by atoms with van der Waals surface area (Å²) >= 11 is 0. The number of aromatic hydroxyl groups is 1. The minimum Gasteiger partial charge on any atom is -0.508 e. The van der Waals surface area contributed by atoms with Gasteiger partial charge in [-0.1, -0.05) is 24.3 Å². The molecule has 0 atom stereocenters. The van der Waals surface area contributed by atoms with E-state index in [-0.39, 0.29) is 17.4 Å². The first kappa shape index (κ1) is 14.5. The van der Waals surface area contributed by atoms with Crippen LogP contribution in [-0.4, -0.2) is 17.2 Å². The Morgan fingerprint density at radius 2 is 2.00 bits per heavy atom. The van der Waals surface area contributed by atoms with Gasteiger partial charge in [-0.25, -0.2) is 4.79 Å². The first-order chi connectivity index (χ1) is 9.02. The Kier molecular flexibility index (Phi) is 5.36. The number of esters is 1. The lowest BCUT2D eigenvalue weighted by atomic mass is 10.2. The maximum atomic E-state index is 11.5. The van der Waals surface area contributed by atoms with Crippen molar-refractivity contribution in [1.82, 2.24) is 0 Å². The van der Waals surface area contributed by atoms with E-state index in [1.54, 1.807) is 56.3 Å². The van der Waals surface area contributed by atoms with E-state index in [0.717, 1.165) is 5.56 Å². The van der Waals surface area contributed by atoms with Gasteiger partial charge in [0.2, 0.25) is 0 Å². The van der Waals surface area contributed by atoms with Crippen molar-refractivity contribution in [2.45, 2.75) is 20.0 Å². The molecule has 0 fully saturated rings. The van der Waals surface area contributed by atoms with Crippen LogP contribution >= 0.6 is 0 Å². The lowest BCUT2D eigenvalue weighted by Crippen LogP contribution is -2.12. The summed E-state index contributed by atoms with van der Waals surface area (Å²) in [5, 5.41) is 18.0. The summed E-state index contributed by atoms with van der Waals surface area (Å²) in [5.74, 6) is -0.446. The molecular formula is C15H15NO3. The van der Waals surface area contributed by atoms with Gasteiger partial charge >= 0.3 is 5.97 Å². The van der Waals surface area contributed by atoms with Gasteiger partial charge in [0.25, 0.3) is 0 Å². The van der Waals surface area contributed by atoms with Crippen LogP contribution in [0.4, 0.5) is 0 Å². The molecule has 0 aliphatic rings. The van der Waals surface area contributed by atoms with E-state index in [1.807, 2.05) is 0 Å². The molecule has 0 amide bonds. The number of hydrogen-bond acceptors (Lipinski definition) is 4. The third-order valence-corrected chi connectivity index (χ3v) is 2.13. The number of ether oxygens (including phenoxy) is 1. The fourth-order valence-electron chi connectivity index (χ4n) is 1.27. The molecule has 0 saturated heterocycles. The number of nitriles is 1. The highest BCUT2D eigenvalue weighted by atomic mass is 16.5. The van der Waals surface area contributed by atoms with Gasteiger partial charge in [-0.3, -0.25) is 0 Å². The molecule has 0 heterocycles. The Hall–Kier alpha value is -2.54. The van der Waals surface area contributed by atoms with Crippen molar-refractivity contribution in [3.63, 3.8) is 0 Å². The first-order valence-corrected chi connectivity index (χ1v) is 5.81. The number of phenolic OH excluding ortho intramolecular Hbond substituents is 1. The second-order valence-electron chi connectivity index (χ2n) is 4.10. The normalized spacial score (nSPS) is 11.6. The average Bonchev–Trinajstić information content (AvgIpc) is 2.36. The number of hydrogen-bond donors (Lipinski definition) is 1. The molecule has 0 aromatic heterocycles. The van der Waals surface area contributed by atoms with Gasteiger partial charge in [0.15, 0.2) is 0 Å². The maximum absolute atomic E-state index is 11.5. The summed E-state index contributed by atoms with van der Waals surface area (Å²) in [4.78, 5) is 11.5. The second-order valence-corrected chi connectivity index (χ2v) is 4.10. The monoisotopic (exact) mass is 257 g/mol. The van der Waals surface area contributed by atoms with Gasteiger partial charge in [0.05, 0.1) is 6.10 Å². The first-order valence-electron chi connectivity index (χ1n) is 5.81. The summed E-state index contributed by atoms with van der Waals surface area (Å²) in [6.45, 7) is 3.44. The number of rotatable bonds is 4. The van der Waals surface area contributed by atoms with Crippen LogP contribution in [0.25, 0.3) is 6.08 Å². The molecular weight excluding hydrogens is 242 g/mol. The van der Waals surface area contributed by atoms with E-state index >= 15 is 0 Å². The molecule has 4 heteroatoms. The van der Waals surface area contributed by atoms with Crippen LogP contribution in [0.3, 0.4) is 0 Å². The molecule has 1 aromatic rings. The minimum absolute atomic E-state index is 0.0521. The van der Waals surface area contributed by atoms with E-state index in [0.29, 0.717) is 0 Å². The molecule has 98 valence electrons. The van der Waals surface area contributed by atoms with E-state index in [1.165, 1.54) is 6.08 Å². The molecule has 0 radical (unpaired) electrons. The SMILES string of the molecule is CC(C)OC(=O)/C(C#N)=C/C=C/c1ccc(O)cc1. The summed E-state index contributed by atoms with van der Waals surface area (Å²) in [6, 6.07) is 8.35. The van der Waals surface area contributed by atoms with Crippen LogP contribution in [0.1, 0.15) is 19.4 Å². The second kappa shape index (κ2) is 7.02. The molecule has 0 aliphatic heterocycles. The van der Waals surface area contributed by atoms with Gasteiger partial charge < -0.3 is 9.84 Å². The Morgan fingerprint density at radius 3 is 2.53 bits per heavy atom. The summed E-state index contributed by atoms with van der Waals surface area (Å²) in [5.41, 5.74) is 0.798. The van der Waals surface area contributed by atoms with Crippen molar-refractivity contribution < 1.29 is 14.6 Å². The highest BCUT2D eigenvalue weighted by Gasteiger charge is 2.10. The third-order valence-electron chi connectivity index (χ3n) is 2.13. The van der Waals surface area contributed by atoms with E-state index < -0.39 is 5.97 Å². The van der Waals surface area contributed by atoms with Crippen LogP contribution in [0.2, 0.25) is 0 Å². The third kappa shape index (κ3) is 5.09. The predicted octanol–water partition coefficient (Wildman–Crippen LogP) is 2.81. The lowest BCUT2D eigenvalue weighted by Gasteiger charge is -2.05. The number of carbonyl (C=O) groups is 1. The Bertz CT molecular complexity index is 534. The van der Waals surface area contributed by atoms with Gasteiger partial charge in [-0.15, -0.1) is 0 Å². The summed E-state index contributed by atoms with van der Waals surface area (Å²) in [6.07, 6.45) is 4.45. The number of allylic oxidation sites excluding steroid dienone is 2. The number of phenols is 1. The van der Waals surface area contributed by atoms with E-state index in [9.17, 15) is 4.79 Å². The topological polar surface area (TPSA) is 70.3 Å². The summed E-state index contributed by atoms with van der Waals surface area (Å²) in [7, 11) is 0. The van der Waals surface area contributed by atoms with Crippen LogP contribution in [0, 0.1) is 11.3 Å². The quantitative estimate of drug-likeness (QED) is 0.389. The number of benzene rings is 1. The molecule has 19 heavy (non-hydrogen) atoms. The molecule has 1 aromatic carbocycles. The van der Waals surface area contributed by atoms with Gasteiger partial charge in [-0.2, -0.15) is 5.26 Å². The largest absolute Gasteiger partial charge is 0.508 e. The smallest absolute Gasteiger partial charge is 0.349 e. The average molecular weight is 257 g/mol. The van der Waals surface area contributed by atoms with Crippen LogP contribution < -0.4 is 0 Å². The van der Waals surface area contributed by atoms with Crippen molar-refractivity contribution in [2.24, 2.45) is 0 Å². The highest BCUT2D eigenvalue weighted by Crippen LogP contribution is 2.11. The fraction of sp³-hybridized carbons (Fsp3) is 0.200. The van der Waals surface area contributed by atoms with E-state index in [4.69, 9.17) is 15.1 Å². The fourth-order valence-corrected chi connectivity index (χ4v) is 1.27. The predicted molar refractivity (Wildman–Crippen MR) is 72.1 cm³/mol. The van der Waals surface area contributed by atoms with Crippen molar-refractivity contribution in [2.75, 3.05) is 0 Å². The Balaban J connectivity index is 2.75. The van der Waals surface area contributed by atoms with Gasteiger partial charge in [-0.05, 0) is 37.6 Å². The highest BCUT2D eigenvalue weighted by molar-refractivity contribution is 5.93. The molecule has 0 spiro atoms. The van der Waals surface area contributed by atoms with Crippen LogP contribution in [-0.2, 0) is 9.53 Å². The number of nitrogens with zero attached hydrogens (tertiary/aromatic N) is 1. The molecule has 0 aliphatic carbocycles. The van der Waals surface area contributed by atoms with Crippen molar-refractivity contribution in [1.29, 1.82) is 5.26 Å². The zero-order chi connectivity index (χ0) is 14.3. The molecule has 0 saturated carbocycles. The maximum Gasteiger partial charge on any atom is 0.349 e. The molecule has 1 rings (SSSR count). The molecule has 0 bridgehead atoms. The number of carbonyl (C=O) groups excluding carboxylic acids is 1. The standard InChI is InChI=1S/C15H15NO3/c1-11(2)19-15(18)13(10-16)5-3-4-12-6-8-14(17)9-7-12/h3-9,11,17H,1-2H3/b4-3+,13-5+. The Morgan fingerprint density at radius 1 is 1.37 bits per heavy atom. The molecule has 1 N–H and O–H groups in total. The van der Waals surface area contributed by atoms with Crippen molar-refractivity contribution in [3.05, 3.63) is 47.6 Å². The van der Waals surface area contributed by atoms with Crippen molar-refractivity contribution in [3.8, 4) is 11.8 Å². The van der Waals surface area contributed by atoms with E-state index in [2.05, 4.69) is 0 Å². The van der Waals surface area contributed by atoms with Gasteiger partial charge in [0, 0.05) is 0 Å². The zero-order valence-corrected chi connectivity index (χ0v) is 10.8. The minimum atomic E-state index is -0.632. The van der Waals surface area contributed by atoms with Crippen molar-refractivity contribution >= 4 is 12.0 Å². The summed E-state index contributed by atoms with van der Waals surface area (Å²) < 4.78 is 4.93. The molecule has 4 nitrogen and oxygen atoms in total. The Labute approximate surface area is 112 Å². The zero-order valence-electron chi connectivity index (χ0n) is 10.8. The molecule has 0 unspecified atom stereocenters. The van der Waals surface area contributed by atoms with Gasteiger partial charge in [0.1, 0.15) is 17.4 Å². The lowest BCUT2D eigenvalue weighted by molar-refractivity contribution is -0.142. The van der Waals surface area contributed by atoms with Crippen LogP contribution in [0.5, 0.6) is 5.75 Å². The van der Waals surface area contributed by atoms with Crippen LogP contribution in [0.15, 0.2) is 42.0 Å².